The Morgan fingerprint density at radius 2 is 2.25 bits per heavy atom. The van der Waals surface area contributed by atoms with Gasteiger partial charge >= 0.3 is 0 Å². The molecule has 1 aliphatic rings. The Balaban J connectivity index is 2.13. The van der Waals surface area contributed by atoms with E-state index in [0.717, 1.165) is 25.9 Å². The molecule has 2 atom stereocenters. The Morgan fingerprint density at radius 3 is 2.88 bits per heavy atom. The maximum atomic E-state index is 10.7. The van der Waals surface area contributed by atoms with Gasteiger partial charge in [-0.2, -0.15) is 0 Å². The van der Waals surface area contributed by atoms with Crippen molar-refractivity contribution in [3.05, 3.63) is 0 Å². The van der Waals surface area contributed by atoms with Crippen LogP contribution >= 0.6 is 0 Å². The van der Waals surface area contributed by atoms with Crippen molar-refractivity contribution in [2.24, 2.45) is 5.14 Å². The molecule has 0 radical (unpaired) electrons. The first kappa shape index (κ1) is 13.9. The van der Waals surface area contributed by atoms with Gasteiger partial charge in [-0.05, 0) is 32.2 Å². The van der Waals surface area contributed by atoms with Crippen molar-refractivity contribution >= 4 is 10.0 Å². The number of hydrogen-bond donors (Lipinski definition) is 2. The van der Waals surface area contributed by atoms with E-state index in [1.54, 1.807) is 0 Å². The van der Waals surface area contributed by atoms with Crippen LogP contribution in [0.5, 0.6) is 0 Å². The van der Waals surface area contributed by atoms with Crippen LogP contribution in [0.1, 0.15) is 32.6 Å². The minimum Gasteiger partial charge on any atom is -0.378 e. The molecule has 0 amide bonds. The van der Waals surface area contributed by atoms with Crippen LogP contribution in [-0.4, -0.2) is 39.5 Å². The normalized spacial score (nSPS) is 26.9. The topological polar surface area (TPSA) is 81.4 Å². The third kappa shape index (κ3) is 5.79. The Kier molecular flexibility index (Phi) is 5.68. The van der Waals surface area contributed by atoms with Gasteiger partial charge in [0.1, 0.15) is 0 Å². The zero-order valence-electron chi connectivity index (χ0n) is 9.81. The van der Waals surface area contributed by atoms with Crippen molar-refractivity contribution < 1.29 is 13.2 Å². The number of nitrogens with one attached hydrogen (secondary N) is 1. The van der Waals surface area contributed by atoms with Gasteiger partial charge in [-0.3, -0.25) is 0 Å². The van der Waals surface area contributed by atoms with Crippen LogP contribution in [0.3, 0.4) is 0 Å². The maximum Gasteiger partial charge on any atom is 0.209 e. The Hall–Kier alpha value is -0.170. The summed E-state index contributed by atoms with van der Waals surface area (Å²) in [6, 6.07) is 0.458. The van der Waals surface area contributed by atoms with E-state index in [-0.39, 0.29) is 5.75 Å². The fraction of sp³-hybridized carbons (Fsp3) is 1.00. The Bertz CT molecular complexity index is 292. The summed E-state index contributed by atoms with van der Waals surface area (Å²) in [4.78, 5) is 0. The van der Waals surface area contributed by atoms with Gasteiger partial charge in [-0.1, -0.05) is 6.92 Å². The van der Waals surface area contributed by atoms with E-state index in [2.05, 4.69) is 12.2 Å². The monoisotopic (exact) mass is 250 g/mol. The van der Waals surface area contributed by atoms with E-state index in [1.807, 2.05) is 0 Å². The standard InChI is InChI=1S/C10H22N2O3S/c1-2-10-8-9(4-6-15-10)12-5-3-7-16(11,13)14/h9-10,12H,2-8H2,1H3,(H2,11,13,14). The predicted molar refractivity (Wildman–Crippen MR) is 63.6 cm³/mol. The summed E-state index contributed by atoms with van der Waals surface area (Å²) < 4.78 is 27.0. The second-order valence-electron chi connectivity index (χ2n) is 4.30. The van der Waals surface area contributed by atoms with E-state index in [1.165, 1.54) is 0 Å². The van der Waals surface area contributed by atoms with E-state index >= 15 is 0 Å². The molecule has 1 aliphatic heterocycles. The van der Waals surface area contributed by atoms with Crippen molar-refractivity contribution in [1.82, 2.24) is 5.32 Å². The summed E-state index contributed by atoms with van der Waals surface area (Å²) in [6.07, 6.45) is 3.99. The molecular formula is C10H22N2O3S. The Morgan fingerprint density at radius 1 is 1.50 bits per heavy atom. The van der Waals surface area contributed by atoms with E-state index in [4.69, 9.17) is 9.88 Å². The molecule has 0 bridgehead atoms. The summed E-state index contributed by atoms with van der Waals surface area (Å²) in [5.74, 6) is 0.0560. The highest BCUT2D eigenvalue weighted by atomic mass is 32.2. The molecule has 2 unspecified atom stereocenters. The summed E-state index contributed by atoms with van der Waals surface area (Å²) in [5.41, 5.74) is 0. The molecule has 0 saturated carbocycles. The first-order valence-electron chi connectivity index (χ1n) is 5.86. The molecule has 0 aromatic heterocycles. The molecule has 0 aromatic carbocycles. The first-order valence-corrected chi connectivity index (χ1v) is 7.58. The molecule has 1 saturated heterocycles. The molecule has 1 heterocycles. The second kappa shape index (κ2) is 6.54. The van der Waals surface area contributed by atoms with Gasteiger partial charge in [0.15, 0.2) is 0 Å². The van der Waals surface area contributed by atoms with Crippen LogP contribution in [0.4, 0.5) is 0 Å². The fourth-order valence-electron chi connectivity index (χ4n) is 1.93. The first-order chi connectivity index (χ1) is 7.51. The van der Waals surface area contributed by atoms with Crippen molar-refractivity contribution in [3.63, 3.8) is 0 Å². The van der Waals surface area contributed by atoms with Crippen LogP contribution in [0.2, 0.25) is 0 Å². The Labute approximate surface area is 97.8 Å². The minimum absolute atomic E-state index is 0.0560. The van der Waals surface area contributed by atoms with E-state index in [9.17, 15) is 8.42 Å². The van der Waals surface area contributed by atoms with Crippen LogP contribution < -0.4 is 10.5 Å². The molecule has 1 rings (SSSR count). The molecular weight excluding hydrogens is 228 g/mol. The lowest BCUT2D eigenvalue weighted by molar-refractivity contribution is 0.0000771. The molecule has 0 aromatic rings. The number of primary sulfonamides is 1. The second-order valence-corrected chi connectivity index (χ2v) is 6.03. The van der Waals surface area contributed by atoms with Gasteiger partial charge in [0.05, 0.1) is 11.9 Å². The van der Waals surface area contributed by atoms with Gasteiger partial charge in [0.25, 0.3) is 0 Å². The molecule has 0 spiro atoms. The highest BCUT2D eigenvalue weighted by Crippen LogP contribution is 2.15. The SMILES string of the molecule is CCC1CC(NCCCS(N)(=O)=O)CCO1. The van der Waals surface area contributed by atoms with Crippen molar-refractivity contribution in [2.45, 2.75) is 44.8 Å². The van der Waals surface area contributed by atoms with Gasteiger partial charge < -0.3 is 10.1 Å². The summed E-state index contributed by atoms with van der Waals surface area (Å²) in [7, 11) is -3.31. The van der Waals surface area contributed by atoms with Crippen molar-refractivity contribution in [3.8, 4) is 0 Å². The largest absolute Gasteiger partial charge is 0.378 e. The van der Waals surface area contributed by atoms with Gasteiger partial charge in [0.2, 0.25) is 10.0 Å². The number of ether oxygens (including phenoxy) is 1. The van der Waals surface area contributed by atoms with E-state index < -0.39 is 10.0 Å². The van der Waals surface area contributed by atoms with Crippen LogP contribution in [0.25, 0.3) is 0 Å². The van der Waals surface area contributed by atoms with Crippen LogP contribution in [-0.2, 0) is 14.8 Å². The molecule has 16 heavy (non-hydrogen) atoms. The average molecular weight is 250 g/mol. The third-order valence-electron chi connectivity index (χ3n) is 2.86. The maximum absolute atomic E-state index is 10.7. The zero-order valence-corrected chi connectivity index (χ0v) is 10.6. The number of hydrogen-bond acceptors (Lipinski definition) is 4. The summed E-state index contributed by atoms with van der Waals surface area (Å²) >= 11 is 0. The summed E-state index contributed by atoms with van der Waals surface area (Å²) in [5, 5.41) is 8.28. The van der Waals surface area contributed by atoms with Crippen LogP contribution in [0, 0.1) is 0 Å². The number of sulfonamides is 1. The van der Waals surface area contributed by atoms with Gasteiger partial charge in [-0.15, -0.1) is 0 Å². The number of rotatable bonds is 6. The minimum atomic E-state index is -3.31. The lowest BCUT2D eigenvalue weighted by Gasteiger charge is -2.29. The van der Waals surface area contributed by atoms with Crippen molar-refractivity contribution in [2.75, 3.05) is 18.9 Å². The molecule has 6 heteroatoms. The highest BCUT2D eigenvalue weighted by molar-refractivity contribution is 7.89. The third-order valence-corrected chi connectivity index (χ3v) is 3.72. The molecule has 3 N–H and O–H groups in total. The molecule has 5 nitrogen and oxygen atoms in total. The zero-order chi connectivity index (χ0) is 12.0. The summed E-state index contributed by atoms with van der Waals surface area (Å²) in [6.45, 7) is 3.62. The quantitative estimate of drug-likeness (QED) is 0.660. The smallest absolute Gasteiger partial charge is 0.209 e. The predicted octanol–water partition coefficient (Wildman–Crippen LogP) is 0.212. The van der Waals surface area contributed by atoms with E-state index in [0.29, 0.717) is 25.1 Å². The number of nitrogens with two attached hydrogens (primary N) is 1. The highest BCUT2D eigenvalue weighted by Gasteiger charge is 2.20. The lowest BCUT2D eigenvalue weighted by Crippen LogP contribution is -2.39. The van der Waals surface area contributed by atoms with Gasteiger partial charge in [-0.25, -0.2) is 13.6 Å². The van der Waals surface area contributed by atoms with Gasteiger partial charge in [0, 0.05) is 12.6 Å². The lowest BCUT2D eigenvalue weighted by atomic mass is 10.0. The molecule has 0 aliphatic carbocycles. The average Bonchev–Trinajstić information content (AvgIpc) is 2.23. The fourth-order valence-corrected chi connectivity index (χ4v) is 2.48. The van der Waals surface area contributed by atoms with Crippen LogP contribution in [0.15, 0.2) is 0 Å². The van der Waals surface area contributed by atoms with Crippen molar-refractivity contribution in [1.29, 1.82) is 0 Å². The molecule has 1 fully saturated rings. The molecule has 96 valence electrons.